The highest BCUT2D eigenvalue weighted by Gasteiger charge is 2.20. The molecule has 1 rings (SSSR count). The molecule has 2 N–H and O–H groups in total. The normalized spacial score (nSPS) is 11.4. The molecule has 0 bridgehead atoms. The lowest BCUT2D eigenvalue weighted by molar-refractivity contribution is 0.0936. The summed E-state index contributed by atoms with van der Waals surface area (Å²) in [7, 11) is 0. The Bertz CT molecular complexity index is 409. The van der Waals surface area contributed by atoms with Gasteiger partial charge in [0.2, 0.25) is 10.1 Å². The molecule has 0 radical (unpaired) electrons. The number of hydrogen-bond donors (Lipinski definition) is 2. The molecular weight excluding hydrogens is 272 g/mol. The highest BCUT2D eigenvalue weighted by molar-refractivity contribution is 7.17. The minimum absolute atomic E-state index is 0.127. The molecule has 0 aliphatic heterocycles. The Morgan fingerprint density at radius 1 is 1.20 bits per heavy atom. The van der Waals surface area contributed by atoms with Crippen molar-refractivity contribution >= 4 is 22.4 Å². The lowest BCUT2D eigenvalue weighted by Gasteiger charge is -2.24. The Hall–Kier alpha value is -1.17. The van der Waals surface area contributed by atoms with Gasteiger partial charge in [-0.05, 0) is 24.2 Å². The van der Waals surface area contributed by atoms with E-state index in [2.05, 4.69) is 55.4 Å². The van der Waals surface area contributed by atoms with Crippen molar-refractivity contribution in [1.82, 2.24) is 15.5 Å². The summed E-state index contributed by atoms with van der Waals surface area (Å²) in [6, 6.07) is 0. The topological polar surface area (TPSA) is 66.9 Å². The molecule has 0 saturated carbocycles. The van der Waals surface area contributed by atoms with Crippen molar-refractivity contribution < 1.29 is 4.79 Å². The second-order valence-corrected chi connectivity index (χ2v) is 6.68. The lowest BCUT2D eigenvalue weighted by atomic mass is 9.85. The summed E-state index contributed by atoms with van der Waals surface area (Å²) in [6.07, 6.45) is 1.02. The predicted molar refractivity (Wildman–Crippen MR) is 84.2 cm³/mol. The fourth-order valence-electron chi connectivity index (χ4n) is 2.15. The van der Waals surface area contributed by atoms with Gasteiger partial charge < -0.3 is 10.6 Å². The molecule has 114 valence electrons. The number of rotatable bonds is 8. The number of hydrogen-bond acceptors (Lipinski definition) is 5. The quantitative estimate of drug-likeness (QED) is 0.774. The standard InChI is InChI=1S/C14H26N4OS/c1-6-7-15-14-18-17-13(20-14)12(19)16-8-11(9(2)3)10(4)5/h9-11H,6-8H2,1-5H3,(H,15,18)(H,16,19). The first-order valence-corrected chi connectivity index (χ1v) is 8.12. The third-order valence-electron chi connectivity index (χ3n) is 3.36. The van der Waals surface area contributed by atoms with Crippen LogP contribution in [0, 0.1) is 17.8 Å². The number of nitrogens with zero attached hydrogens (tertiary/aromatic N) is 2. The molecular formula is C14H26N4OS. The predicted octanol–water partition coefficient (Wildman–Crippen LogP) is 3.02. The lowest BCUT2D eigenvalue weighted by Crippen LogP contribution is -2.33. The van der Waals surface area contributed by atoms with E-state index in [1.54, 1.807) is 0 Å². The minimum Gasteiger partial charge on any atom is -0.360 e. The van der Waals surface area contributed by atoms with E-state index < -0.39 is 0 Å². The molecule has 0 aliphatic rings. The molecule has 1 aromatic heterocycles. The van der Waals surface area contributed by atoms with E-state index in [9.17, 15) is 4.79 Å². The van der Waals surface area contributed by atoms with Crippen molar-refractivity contribution in [2.75, 3.05) is 18.4 Å². The maximum absolute atomic E-state index is 12.1. The van der Waals surface area contributed by atoms with Gasteiger partial charge in [-0.15, -0.1) is 10.2 Å². The van der Waals surface area contributed by atoms with Gasteiger partial charge in [0.05, 0.1) is 0 Å². The van der Waals surface area contributed by atoms with Gasteiger partial charge in [-0.2, -0.15) is 0 Å². The Balaban J connectivity index is 2.51. The monoisotopic (exact) mass is 298 g/mol. The van der Waals surface area contributed by atoms with Crippen LogP contribution in [0.1, 0.15) is 50.8 Å². The minimum atomic E-state index is -0.127. The summed E-state index contributed by atoms with van der Waals surface area (Å²) in [5, 5.41) is 15.1. The van der Waals surface area contributed by atoms with Crippen LogP contribution in [0.2, 0.25) is 0 Å². The second-order valence-electron chi connectivity index (χ2n) is 5.70. The molecule has 0 unspecified atom stereocenters. The molecule has 0 aliphatic carbocycles. The van der Waals surface area contributed by atoms with Crippen LogP contribution in [0.4, 0.5) is 5.13 Å². The fraction of sp³-hybridized carbons (Fsp3) is 0.786. The molecule has 0 saturated heterocycles. The van der Waals surface area contributed by atoms with Gasteiger partial charge in [0.1, 0.15) is 0 Å². The number of anilines is 1. The first kappa shape index (κ1) is 16.9. The van der Waals surface area contributed by atoms with Crippen molar-refractivity contribution in [3.8, 4) is 0 Å². The number of carbonyl (C=O) groups excluding carboxylic acids is 1. The molecule has 0 fully saturated rings. The van der Waals surface area contributed by atoms with Gasteiger partial charge in [-0.3, -0.25) is 4.79 Å². The Morgan fingerprint density at radius 3 is 2.40 bits per heavy atom. The van der Waals surface area contributed by atoms with Crippen LogP contribution >= 0.6 is 11.3 Å². The molecule has 0 atom stereocenters. The first-order valence-electron chi connectivity index (χ1n) is 7.31. The number of amides is 1. The Morgan fingerprint density at radius 2 is 1.85 bits per heavy atom. The van der Waals surface area contributed by atoms with Crippen LogP contribution in [0.15, 0.2) is 0 Å². The Labute approximate surface area is 125 Å². The van der Waals surface area contributed by atoms with Crippen molar-refractivity contribution in [2.24, 2.45) is 17.8 Å². The molecule has 0 aromatic carbocycles. The highest BCUT2D eigenvalue weighted by Crippen LogP contribution is 2.20. The van der Waals surface area contributed by atoms with Crippen LogP contribution in [0.25, 0.3) is 0 Å². The van der Waals surface area contributed by atoms with Crippen molar-refractivity contribution in [2.45, 2.75) is 41.0 Å². The maximum Gasteiger partial charge on any atom is 0.282 e. The van der Waals surface area contributed by atoms with Crippen LogP contribution in [0.3, 0.4) is 0 Å². The summed E-state index contributed by atoms with van der Waals surface area (Å²) in [5.74, 6) is 1.45. The molecule has 1 amide bonds. The summed E-state index contributed by atoms with van der Waals surface area (Å²) >= 11 is 1.30. The molecule has 1 aromatic rings. The van der Waals surface area contributed by atoms with E-state index in [0.717, 1.165) is 13.0 Å². The third-order valence-corrected chi connectivity index (χ3v) is 4.24. The second kappa shape index (κ2) is 8.19. The van der Waals surface area contributed by atoms with E-state index >= 15 is 0 Å². The van der Waals surface area contributed by atoms with Crippen LogP contribution in [-0.2, 0) is 0 Å². The zero-order valence-corrected chi connectivity index (χ0v) is 13.9. The summed E-state index contributed by atoms with van der Waals surface area (Å²) in [4.78, 5) is 12.1. The van der Waals surface area contributed by atoms with Crippen molar-refractivity contribution in [3.63, 3.8) is 0 Å². The zero-order valence-electron chi connectivity index (χ0n) is 13.1. The largest absolute Gasteiger partial charge is 0.360 e. The first-order chi connectivity index (χ1) is 9.45. The average Bonchev–Trinajstić information content (AvgIpc) is 2.84. The van der Waals surface area contributed by atoms with E-state index in [-0.39, 0.29) is 5.91 Å². The van der Waals surface area contributed by atoms with Gasteiger partial charge in [0.15, 0.2) is 0 Å². The number of aromatic nitrogens is 2. The van der Waals surface area contributed by atoms with Crippen LogP contribution < -0.4 is 10.6 Å². The van der Waals surface area contributed by atoms with E-state index in [1.807, 2.05) is 0 Å². The van der Waals surface area contributed by atoms with Crippen LogP contribution in [-0.4, -0.2) is 29.2 Å². The van der Waals surface area contributed by atoms with Crippen molar-refractivity contribution in [1.29, 1.82) is 0 Å². The maximum atomic E-state index is 12.1. The van der Waals surface area contributed by atoms with Gasteiger partial charge >= 0.3 is 0 Å². The molecule has 20 heavy (non-hydrogen) atoms. The molecule has 5 nitrogen and oxygen atoms in total. The molecule has 6 heteroatoms. The van der Waals surface area contributed by atoms with Crippen molar-refractivity contribution in [3.05, 3.63) is 5.01 Å². The SMILES string of the molecule is CCCNc1nnc(C(=O)NCC(C(C)C)C(C)C)s1. The number of carbonyl (C=O) groups is 1. The van der Waals surface area contributed by atoms with Gasteiger partial charge in [-0.25, -0.2) is 0 Å². The summed E-state index contributed by atoms with van der Waals surface area (Å²) in [5.41, 5.74) is 0. The molecule has 1 heterocycles. The van der Waals surface area contributed by atoms with E-state index in [4.69, 9.17) is 0 Å². The Kier molecular flexibility index (Phi) is 6.91. The van der Waals surface area contributed by atoms with E-state index in [0.29, 0.717) is 34.4 Å². The fourth-order valence-corrected chi connectivity index (χ4v) is 2.83. The van der Waals surface area contributed by atoms with Gasteiger partial charge in [0.25, 0.3) is 5.91 Å². The van der Waals surface area contributed by atoms with Gasteiger partial charge in [-0.1, -0.05) is 46.0 Å². The highest BCUT2D eigenvalue weighted by atomic mass is 32.1. The van der Waals surface area contributed by atoms with E-state index in [1.165, 1.54) is 11.3 Å². The average molecular weight is 298 g/mol. The van der Waals surface area contributed by atoms with Gasteiger partial charge in [0, 0.05) is 13.1 Å². The number of nitrogens with one attached hydrogen (secondary N) is 2. The molecule has 0 spiro atoms. The summed E-state index contributed by atoms with van der Waals surface area (Å²) < 4.78 is 0. The smallest absolute Gasteiger partial charge is 0.282 e. The summed E-state index contributed by atoms with van der Waals surface area (Å²) in [6.45, 7) is 12.4. The zero-order chi connectivity index (χ0) is 15.1. The van der Waals surface area contributed by atoms with Crippen LogP contribution in [0.5, 0.6) is 0 Å². The third kappa shape index (κ3) is 5.07.